The maximum atomic E-state index is 12.9. The fourth-order valence-electron chi connectivity index (χ4n) is 3.33. The molecule has 2 N–H and O–H groups in total. The molecule has 1 aliphatic rings. The van der Waals surface area contributed by atoms with Crippen molar-refractivity contribution in [3.05, 3.63) is 42.2 Å². The van der Waals surface area contributed by atoms with Gasteiger partial charge in [-0.15, -0.1) is 0 Å². The van der Waals surface area contributed by atoms with E-state index in [0.29, 0.717) is 19.3 Å². The highest BCUT2D eigenvalue weighted by Crippen LogP contribution is 2.39. The van der Waals surface area contributed by atoms with Crippen molar-refractivity contribution in [3.8, 4) is 11.1 Å². The lowest BCUT2D eigenvalue weighted by Gasteiger charge is -2.29. The Morgan fingerprint density at radius 3 is 2.73 bits per heavy atom. The Morgan fingerprint density at radius 1 is 1.27 bits per heavy atom. The summed E-state index contributed by atoms with van der Waals surface area (Å²) in [5, 5.41) is 5.49. The minimum absolute atomic E-state index is 0.302. The first-order valence-corrected chi connectivity index (χ1v) is 11.6. The van der Waals surface area contributed by atoms with E-state index in [4.69, 9.17) is 4.74 Å². The maximum Gasteiger partial charge on any atom is 0.137 e. The Bertz CT molecular complexity index is 1000. The summed E-state index contributed by atoms with van der Waals surface area (Å²) in [4.78, 5) is 7.77. The molecule has 4 rings (SSSR count). The Labute approximate surface area is 153 Å². The summed E-state index contributed by atoms with van der Waals surface area (Å²) in [5.74, 6) is 0. The van der Waals surface area contributed by atoms with Crippen molar-refractivity contribution < 1.29 is 9.30 Å². The van der Waals surface area contributed by atoms with Crippen LogP contribution in [-0.2, 0) is 15.7 Å². The topological polar surface area (TPSA) is 67.0 Å². The van der Waals surface area contributed by atoms with Gasteiger partial charge in [0.2, 0.25) is 0 Å². The van der Waals surface area contributed by atoms with E-state index < -0.39 is 7.14 Å². The number of nitrogens with one attached hydrogen (secondary N) is 2. The van der Waals surface area contributed by atoms with Crippen LogP contribution in [0.5, 0.6) is 0 Å². The van der Waals surface area contributed by atoms with Crippen LogP contribution in [0.4, 0.5) is 5.69 Å². The van der Waals surface area contributed by atoms with Gasteiger partial charge in [-0.05, 0) is 49.1 Å². The van der Waals surface area contributed by atoms with Crippen LogP contribution in [0.3, 0.4) is 0 Å². The summed E-state index contributed by atoms with van der Waals surface area (Å²) in [5.41, 5.74) is 5.19. The molecule has 136 valence electrons. The normalized spacial score (nSPS) is 15.2. The second-order valence-electron chi connectivity index (χ2n) is 7.25. The van der Waals surface area contributed by atoms with Crippen molar-refractivity contribution in [2.75, 3.05) is 31.9 Å². The second kappa shape index (κ2) is 6.57. The van der Waals surface area contributed by atoms with E-state index in [2.05, 4.69) is 34.3 Å². The molecule has 1 fully saturated rings. The standard InChI is InChI=1S/C20H24N3O2P/c1-4-13-9-21-20-17(13)7-15(10-22-20)14-5-6-18(23-16-11-25-12-16)19(8-14)26(2,3)24/h5-10,16,23H,4,11-12H2,1-3H3,(H,21,22). The third-order valence-electron chi connectivity index (χ3n) is 4.91. The molecule has 0 aliphatic carbocycles. The van der Waals surface area contributed by atoms with Crippen LogP contribution in [0.15, 0.2) is 36.7 Å². The van der Waals surface area contributed by atoms with Gasteiger partial charge >= 0.3 is 0 Å². The van der Waals surface area contributed by atoms with Gasteiger partial charge in [0.05, 0.1) is 19.3 Å². The second-order valence-corrected chi connectivity index (χ2v) is 10.4. The number of aromatic nitrogens is 2. The number of hydrogen-bond acceptors (Lipinski definition) is 4. The van der Waals surface area contributed by atoms with Crippen molar-refractivity contribution in [1.82, 2.24) is 9.97 Å². The summed E-state index contributed by atoms with van der Waals surface area (Å²) in [6.07, 6.45) is 4.86. The molecular weight excluding hydrogens is 345 g/mol. The minimum atomic E-state index is -2.43. The van der Waals surface area contributed by atoms with Gasteiger partial charge in [-0.3, -0.25) is 0 Å². The summed E-state index contributed by atoms with van der Waals surface area (Å²) < 4.78 is 18.1. The highest BCUT2D eigenvalue weighted by molar-refractivity contribution is 7.70. The predicted molar refractivity (Wildman–Crippen MR) is 108 cm³/mol. The summed E-state index contributed by atoms with van der Waals surface area (Å²) in [6.45, 7) is 7.18. The lowest BCUT2D eigenvalue weighted by atomic mass is 10.0. The largest absolute Gasteiger partial charge is 0.377 e. The Balaban J connectivity index is 1.77. The molecule has 0 unspecified atom stereocenters. The van der Waals surface area contributed by atoms with Crippen molar-refractivity contribution in [2.45, 2.75) is 19.4 Å². The van der Waals surface area contributed by atoms with Crippen LogP contribution in [0.2, 0.25) is 0 Å². The van der Waals surface area contributed by atoms with Crippen LogP contribution in [-0.4, -0.2) is 42.6 Å². The molecule has 0 spiro atoms. The highest BCUT2D eigenvalue weighted by atomic mass is 31.2. The van der Waals surface area contributed by atoms with E-state index in [1.54, 1.807) is 0 Å². The predicted octanol–water partition coefficient (Wildman–Crippen LogP) is 3.85. The highest BCUT2D eigenvalue weighted by Gasteiger charge is 2.23. The molecular formula is C20H24N3O2P. The summed E-state index contributed by atoms with van der Waals surface area (Å²) >= 11 is 0. The molecule has 26 heavy (non-hydrogen) atoms. The number of nitrogens with zero attached hydrogens (tertiary/aromatic N) is 1. The van der Waals surface area contributed by atoms with Crippen LogP contribution in [0.25, 0.3) is 22.2 Å². The van der Waals surface area contributed by atoms with E-state index >= 15 is 0 Å². The smallest absolute Gasteiger partial charge is 0.137 e. The van der Waals surface area contributed by atoms with Gasteiger partial charge in [-0.25, -0.2) is 4.98 Å². The van der Waals surface area contributed by atoms with Gasteiger partial charge in [0.1, 0.15) is 12.8 Å². The molecule has 1 aromatic carbocycles. The molecule has 6 heteroatoms. The number of rotatable bonds is 5. The number of benzene rings is 1. The SMILES string of the molecule is CCc1c[nH]c2ncc(-c3ccc(NC4COC4)c(P(C)(C)=O)c3)cc12. The van der Waals surface area contributed by atoms with E-state index in [1.807, 2.05) is 37.9 Å². The number of H-pyrrole nitrogens is 1. The zero-order chi connectivity index (χ0) is 18.3. The number of hydrogen-bond donors (Lipinski definition) is 2. The number of ether oxygens (including phenoxy) is 1. The van der Waals surface area contributed by atoms with E-state index in [-0.39, 0.29) is 0 Å². The maximum absolute atomic E-state index is 12.9. The fourth-order valence-corrected chi connectivity index (χ4v) is 4.50. The van der Waals surface area contributed by atoms with E-state index in [1.165, 1.54) is 5.56 Å². The molecule has 2 aromatic heterocycles. The van der Waals surface area contributed by atoms with Crippen LogP contribution >= 0.6 is 7.14 Å². The number of fused-ring (bicyclic) bond motifs is 1. The lowest BCUT2D eigenvalue weighted by Crippen LogP contribution is -2.41. The molecule has 3 aromatic rings. The average molecular weight is 369 g/mol. The van der Waals surface area contributed by atoms with Gasteiger partial charge < -0.3 is 19.6 Å². The minimum Gasteiger partial charge on any atom is -0.377 e. The number of aryl methyl sites for hydroxylation is 1. The van der Waals surface area contributed by atoms with Crippen LogP contribution in [0.1, 0.15) is 12.5 Å². The molecule has 1 aliphatic heterocycles. The molecule has 0 radical (unpaired) electrons. The van der Waals surface area contributed by atoms with Crippen LogP contribution in [0, 0.1) is 0 Å². The van der Waals surface area contributed by atoms with Gasteiger partial charge in [0, 0.05) is 34.3 Å². The molecule has 3 heterocycles. The number of pyridine rings is 1. The van der Waals surface area contributed by atoms with Crippen molar-refractivity contribution in [3.63, 3.8) is 0 Å². The van der Waals surface area contributed by atoms with E-state index in [0.717, 1.165) is 39.6 Å². The monoisotopic (exact) mass is 369 g/mol. The van der Waals surface area contributed by atoms with Crippen molar-refractivity contribution in [1.29, 1.82) is 0 Å². The van der Waals surface area contributed by atoms with Gasteiger partial charge in [0.25, 0.3) is 0 Å². The molecule has 0 saturated carbocycles. The summed E-state index contributed by atoms with van der Waals surface area (Å²) in [7, 11) is -2.43. The number of anilines is 1. The van der Waals surface area contributed by atoms with Crippen molar-refractivity contribution in [2.24, 2.45) is 0 Å². The fraction of sp³-hybridized carbons (Fsp3) is 0.350. The van der Waals surface area contributed by atoms with E-state index in [9.17, 15) is 4.57 Å². The van der Waals surface area contributed by atoms with Gasteiger partial charge in [0.15, 0.2) is 0 Å². The quantitative estimate of drug-likeness (QED) is 0.671. The Hall–Kier alpha value is -2.10. The first-order chi connectivity index (χ1) is 12.5. The van der Waals surface area contributed by atoms with Gasteiger partial charge in [-0.1, -0.05) is 13.0 Å². The summed E-state index contributed by atoms with van der Waals surface area (Å²) in [6, 6.07) is 8.62. The zero-order valence-corrected chi connectivity index (χ0v) is 16.3. The molecule has 5 nitrogen and oxygen atoms in total. The number of aromatic amines is 1. The molecule has 0 atom stereocenters. The van der Waals surface area contributed by atoms with Crippen molar-refractivity contribution >= 4 is 29.2 Å². The van der Waals surface area contributed by atoms with Gasteiger partial charge in [-0.2, -0.15) is 0 Å². The molecule has 0 amide bonds. The third kappa shape index (κ3) is 3.17. The zero-order valence-electron chi connectivity index (χ0n) is 15.4. The first kappa shape index (κ1) is 17.3. The Morgan fingerprint density at radius 2 is 2.08 bits per heavy atom. The third-order valence-corrected chi connectivity index (χ3v) is 6.44. The first-order valence-electron chi connectivity index (χ1n) is 8.96. The average Bonchev–Trinajstić information content (AvgIpc) is 2.99. The van der Waals surface area contributed by atoms with Crippen LogP contribution < -0.4 is 10.6 Å². The molecule has 1 saturated heterocycles. The molecule has 0 bridgehead atoms. The Kier molecular flexibility index (Phi) is 4.37. The lowest BCUT2D eigenvalue weighted by molar-refractivity contribution is 0.0211.